The van der Waals surface area contributed by atoms with Crippen molar-refractivity contribution in [1.82, 2.24) is 0 Å². The molecule has 176 valence electrons. The van der Waals surface area contributed by atoms with Gasteiger partial charge in [0.05, 0.1) is 11.1 Å². The highest BCUT2D eigenvalue weighted by atomic mass is 32.2. The Bertz CT molecular complexity index is 1260. The van der Waals surface area contributed by atoms with E-state index in [9.17, 15) is 36.9 Å². The summed E-state index contributed by atoms with van der Waals surface area (Å²) in [6, 6.07) is 10.3. The quantitative estimate of drug-likeness (QED) is 0.417. The van der Waals surface area contributed by atoms with E-state index in [4.69, 9.17) is 0 Å². The van der Waals surface area contributed by atoms with Crippen molar-refractivity contribution in [2.45, 2.75) is 33.2 Å². The van der Waals surface area contributed by atoms with Crippen LogP contribution in [0.4, 0.5) is 26.3 Å². The Balaban J connectivity index is 1.84. The molecule has 2 aromatic carbocycles. The summed E-state index contributed by atoms with van der Waals surface area (Å²) >= 11 is 0.682. The van der Waals surface area contributed by atoms with Crippen LogP contribution in [0.25, 0.3) is 0 Å². The molecule has 0 saturated carbocycles. The largest absolute Gasteiger partial charge is 0.423 e. The van der Waals surface area contributed by atoms with Crippen molar-refractivity contribution in [1.29, 1.82) is 10.5 Å². The molecule has 0 amide bonds. The van der Waals surface area contributed by atoms with Gasteiger partial charge in [-0.05, 0) is 47.5 Å². The van der Waals surface area contributed by atoms with Gasteiger partial charge in [-0.2, -0.15) is 57.3 Å². The molecule has 0 spiro atoms. The zero-order chi connectivity index (χ0) is 25.5. The highest BCUT2D eigenvalue weighted by Crippen LogP contribution is 2.49. The average molecular weight is 504 g/mol. The summed E-state index contributed by atoms with van der Waals surface area (Å²) in [5.41, 5.74) is -6.33. The third-order valence-corrected chi connectivity index (χ3v) is 6.48. The van der Waals surface area contributed by atoms with Crippen molar-refractivity contribution in [3.63, 3.8) is 0 Å². The maximum atomic E-state index is 13.9. The van der Waals surface area contributed by atoms with E-state index < -0.39 is 23.4 Å². The van der Waals surface area contributed by atoms with Gasteiger partial charge in [-0.3, -0.25) is 0 Å². The summed E-state index contributed by atoms with van der Waals surface area (Å²) in [5, 5.41) is 32.3. The molecule has 2 unspecified atom stereocenters. The van der Waals surface area contributed by atoms with Crippen LogP contribution in [-0.4, -0.2) is 12.4 Å². The molecule has 2 atom stereocenters. The van der Waals surface area contributed by atoms with E-state index in [0.29, 0.717) is 11.8 Å². The number of azo groups is 2. The molecule has 0 N–H and O–H groups in total. The van der Waals surface area contributed by atoms with Crippen LogP contribution >= 0.6 is 11.8 Å². The molecule has 0 fully saturated rings. The van der Waals surface area contributed by atoms with E-state index in [2.05, 4.69) is 20.5 Å². The summed E-state index contributed by atoms with van der Waals surface area (Å²) in [5.74, 6) is 0. The monoisotopic (exact) mass is 504 g/mol. The summed E-state index contributed by atoms with van der Waals surface area (Å²) in [6.45, 7) is 0. The zero-order valence-electron chi connectivity index (χ0n) is 17.1. The van der Waals surface area contributed by atoms with Crippen LogP contribution in [0.1, 0.15) is 22.3 Å². The predicted molar refractivity (Wildman–Crippen MR) is 110 cm³/mol. The summed E-state index contributed by atoms with van der Waals surface area (Å²) in [7, 11) is 0. The molecule has 35 heavy (non-hydrogen) atoms. The molecule has 0 aliphatic carbocycles. The number of nitriles is 2. The van der Waals surface area contributed by atoms with Crippen molar-refractivity contribution in [3.8, 4) is 12.1 Å². The first-order valence-corrected chi connectivity index (χ1v) is 10.4. The lowest BCUT2D eigenvalue weighted by Crippen LogP contribution is -2.37. The van der Waals surface area contributed by atoms with Crippen LogP contribution < -0.4 is 0 Å². The lowest BCUT2D eigenvalue weighted by Gasteiger charge is -2.27. The maximum absolute atomic E-state index is 13.9. The first-order chi connectivity index (χ1) is 16.5. The molecular formula is C22H10F6N6S. The SMILES string of the molecule is N#Cc1ccc(C2(C(F)(F)F)C=CN=N2)cc1Sc1cc(C2(C(F)(F)F)C=CN=N2)ccc1C#N. The first-order valence-electron chi connectivity index (χ1n) is 9.57. The smallest absolute Gasteiger partial charge is 0.192 e. The molecule has 2 aliphatic rings. The topological polar surface area (TPSA) is 97.0 Å². The fourth-order valence-corrected chi connectivity index (χ4v) is 4.58. The van der Waals surface area contributed by atoms with Gasteiger partial charge in [0.15, 0.2) is 0 Å². The minimum atomic E-state index is -4.85. The molecule has 6 nitrogen and oxygen atoms in total. The van der Waals surface area contributed by atoms with Gasteiger partial charge >= 0.3 is 12.4 Å². The summed E-state index contributed by atoms with van der Waals surface area (Å²) < 4.78 is 83.3. The summed E-state index contributed by atoms with van der Waals surface area (Å²) in [4.78, 5) is -0.0233. The van der Waals surface area contributed by atoms with Gasteiger partial charge in [-0.25, -0.2) is 0 Å². The van der Waals surface area contributed by atoms with E-state index in [0.717, 1.165) is 61.0 Å². The van der Waals surface area contributed by atoms with Gasteiger partial charge in [0, 0.05) is 22.2 Å². The Morgan fingerprint density at radius 3 is 1.37 bits per heavy atom. The Hall–Kier alpha value is -3.97. The van der Waals surface area contributed by atoms with Crippen LogP contribution in [-0.2, 0) is 11.1 Å². The van der Waals surface area contributed by atoms with Crippen molar-refractivity contribution in [2.24, 2.45) is 20.5 Å². The van der Waals surface area contributed by atoms with E-state index in [-0.39, 0.29) is 32.0 Å². The van der Waals surface area contributed by atoms with Gasteiger partial charge < -0.3 is 0 Å². The van der Waals surface area contributed by atoms with E-state index in [1.807, 2.05) is 12.1 Å². The highest BCUT2D eigenvalue weighted by Gasteiger charge is 2.58. The number of halogens is 6. The molecule has 4 rings (SSSR count). The molecule has 0 aromatic heterocycles. The van der Waals surface area contributed by atoms with Gasteiger partial charge in [0.2, 0.25) is 11.1 Å². The molecule has 13 heteroatoms. The third kappa shape index (κ3) is 3.88. The number of hydrogen-bond donors (Lipinski definition) is 0. The molecule has 0 bridgehead atoms. The second-order valence-corrected chi connectivity index (χ2v) is 8.42. The second kappa shape index (κ2) is 8.36. The second-order valence-electron chi connectivity index (χ2n) is 7.34. The normalized spacial score (nSPS) is 23.0. The van der Waals surface area contributed by atoms with Crippen LogP contribution in [0, 0.1) is 22.7 Å². The average Bonchev–Trinajstić information content (AvgIpc) is 3.50. The minimum Gasteiger partial charge on any atom is -0.192 e. The predicted octanol–water partition coefficient (Wildman–Crippen LogP) is 7.06. The number of rotatable bonds is 4. The van der Waals surface area contributed by atoms with E-state index >= 15 is 0 Å². The standard InChI is InChI=1S/C22H10F6N6S/c23-21(24,25)19(5-7-31-33-19)15-3-1-13(11-29)17(9-15)35-18-10-16(4-2-14(18)12-30)20(22(26,27)28)6-8-32-34-20/h1-10H. The van der Waals surface area contributed by atoms with Crippen LogP contribution in [0.2, 0.25) is 0 Å². The van der Waals surface area contributed by atoms with E-state index in [1.54, 1.807) is 0 Å². The van der Waals surface area contributed by atoms with Crippen molar-refractivity contribution in [2.75, 3.05) is 0 Å². The van der Waals surface area contributed by atoms with Crippen LogP contribution in [0.15, 0.2) is 91.2 Å². The zero-order valence-corrected chi connectivity index (χ0v) is 17.9. The Kier molecular flexibility index (Phi) is 5.77. The number of benzene rings is 2. The van der Waals surface area contributed by atoms with Crippen LogP contribution in [0.3, 0.4) is 0 Å². The fourth-order valence-electron chi connectivity index (χ4n) is 3.53. The third-order valence-electron chi connectivity index (χ3n) is 5.36. The number of alkyl halides is 6. The maximum Gasteiger partial charge on any atom is 0.423 e. The van der Waals surface area contributed by atoms with Crippen molar-refractivity contribution >= 4 is 11.8 Å². The van der Waals surface area contributed by atoms with Gasteiger partial charge in [-0.15, -0.1) is 0 Å². The Morgan fingerprint density at radius 2 is 1.09 bits per heavy atom. The first kappa shape index (κ1) is 24.2. The Labute approximate surface area is 198 Å². The van der Waals surface area contributed by atoms with Gasteiger partial charge in [0.1, 0.15) is 12.1 Å². The van der Waals surface area contributed by atoms with Gasteiger partial charge in [-0.1, -0.05) is 23.9 Å². The summed E-state index contributed by atoms with van der Waals surface area (Å²) in [6.07, 6.45) is -6.39. The lowest BCUT2D eigenvalue weighted by molar-refractivity contribution is -0.174. The Morgan fingerprint density at radius 1 is 0.686 bits per heavy atom. The lowest BCUT2D eigenvalue weighted by atomic mass is 9.89. The van der Waals surface area contributed by atoms with Crippen molar-refractivity contribution < 1.29 is 26.3 Å². The number of hydrogen-bond acceptors (Lipinski definition) is 7. The fraction of sp³-hybridized carbons (Fsp3) is 0.182. The molecule has 2 aromatic rings. The minimum absolute atomic E-state index is 0.0116. The molecular weight excluding hydrogens is 494 g/mol. The number of nitrogens with zero attached hydrogens (tertiary/aromatic N) is 6. The van der Waals surface area contributed by atoms with Gasteiger partial charge in [0.25, 0.3) is 0 Å². The molecule has 0 radical (unpaired) electrons. The van der Waals surface area contributed by atoms with Crippen molar-refractivity contribution in [3.05, 3.63) is 83.2 Å². The highest BCUT2D eigenvalue weighted by molar-refractivity contribution is 7.99. The molecule has 0 saturated heterocycles. The van der Waals surface area contributed by atoms with Crippen LogP contribution in [0.5, 0.6) is 0 Å². The van der Waals surface area contributed by atoms with E-state index in [1.165, 1.54) is 0 Å². The molecule has 2 heterocycles. The molecule has 2 aliphatic heterocycles.